The van der Waals surface area contributed by atoms with Gasteiger partial charge in [0.05, 0.1) is 0 Å². The van der Waals surface area contributed by atoms with E-state index in [2.05, 4.69) is 31.0 Å². The van der Waals surface area contributed by atoms with Crippen LogP contribution in [0.15, 0.2) is 0 Å². The molecule has 0 radical (unpaired) electrons. The second-order valence-corrected chi connectivity index (χ2v) is 9.49. The number of carbonyl (C=O) groups is 1. The Morgan fingerprint density at radius 3 is 2.32 bits per heavy atom. The summed E-state index contributed by atoms with van der Waals surface area (Å²) in [6.45, 7) is 13.6. The Balaban J connectivity index is 2.11. The summed E-state index contributed by atoms with van der Waals surface area (Å²) in [6.07, 6.45) is 8.40. The maximum atomic E-state index is 12.8. The van der Waals surface area contributed by atoms with E-state index in [4.69, 9.17) is 4.74 Å². The molecule has 1 aliphatic heterocycles. The number of carbonyl (C=O) groups excluding carboxylic acids is 1. The third kappa shape index (κ3) is 5.87. The van der Waals surface area contributed by atoms with Gasteiger partial charge in [-0.2, -0.15) is 0 Å². The number of rotatable bonds is 4. The Hall–Kier alpha value is -0.770. The first-order valence-electron chi connectivity index (χ1n) is 10.4. The fourth-order valence-corrected chi connectivity index (χ4v) is 4.31. The lowest BCUT2D eigenvalue weighted by Gasteiger charge is -2.46. The Labute approximate surface area is 155 Å². The second kappa shape index (κ2) is 8.75. The van der Waals surface area contributed by atoms with Crippen molar-refractivity contribution < 1.29 is 9.53 Å². The van der Waals surface area contributed by atoms with Crippen LogP contribution in [-0.2, 0) is 4.74 Å². The molecular formula is C21H40N2O2. The zero-order valence-corrected chi connectivity index (χ0v) is 17.3. The van der Waals surface area contributed by atoms with E-state index in [1.165, 1.54) is 32.1 Å². The molecule has 2 fully saturated rings. The summed E-state index contributed by atoms with van der Waals surface area (Å²) in [5.41, 5.74) is -0.421. The molecule has 0 spiro atoms. The molecule has 0 aromatic heterocycles. The average Bonchev–Trinajstić information content (AvgIpc) is 2.53. The fourth-order valence-electron chi connectivity index (χ4n) is 4.31. The standard InChI is InChI=1S/C21H40N2O2/c1-15(2)16(3)22-18-12-8-7-11-17(18)19-13-9-10-14-23(19)20(24)25-21(4,5)6/h15-19,22H,7-14H2,1-6H3. The zero-order chi connectivity index (χ0) is 18.6. The van der Waals surface area contributed by atoms with Crippen LogP contribution in [0.3, 0.4) is 0 Å². The molecule has 0 bridgehead atoms. The highest BCUT2D eigenvalue weighted by Crippen LogP contribution is 2.35. The van der Waals surface area contributed by atoms with Crippen molar-refractivity contribution in [2.75, 3.05) is 6.54 Å². The minimum absolute atomic E-state index is 0.113. The van der Waals surface area contributed by atoms with E-state index in [9.17, 15) is 4.79 Å². The number of hydrogen-bond acceptors (Lipinski definition) is 3. The van der Waals surface area contributed by atoms with Crippen LogP contribution in [0, 0.1) is 11.8 Å². The molecule has 1 saturated carbocycles. The van der Waals surface area contributed by atoms with E-state index in [0.29, 0.717) is 30.0 Å². The van der Waals surface area contributed by atoms with Gasteiger partial charge < -0.3 is 15.0 Å². The van der Waals surface area contributed by atoms with E-state index in [0.717, 1.165) is 19.4 Å². The van der Waals surface area contributed by atoms with Crippen molar-refractivity contribution in [3.8, 4) is 0 Å². The highest BCUT2D eigenvalue weighted by Gasteiger charge is 2.40. The molecule has 4 unspecified atom stereocenters. The minimum Gasteiger partial charge on any atom is -0.444 e. The van der Waals surface area contributed by atoms with Gasteiger partial charge in [0.25, 0.3) is 0 Å². The summed E-state index contributed by atoms with van der Waals surface area (Å²) in [4.78, 5) is 14.8. The van der Waals surface area contributed by atoms with Gasteiger partial charge in [0.2, 0.25) is 0 Å². The third-order valence-electron chi connectivity index (χ3n) is 5.97. The lowest BCUT2D eigenvalue weighted by molar-refractivity contribution is -0.00599. The SMILES string of the molecule is CC(C)C(C)NC1CCCCC1C1CCCCN1C(=O)OC(C)(C)C. The fraction of sp³-hybridized carbons (Fsp3) is 0.952. The topological polar surface area (TPSA) is 41.6 Å². The molecule has 2 aliphatic rings. The first kappa shape index (κ1) is 20.5. The van der Waals surface area contributed by atoms with Crippen LogP contribution in [0.4, 0.5) is 4.79 Å². The van der Waals surface area contributed by atoms with E-state index in [-0.39, 0.29) is 6.09 Å². The second-order valence-electron chi connectivity index (χ2n) is 9.49. The number of likely N-dealkylation sites (tertiary alicyclic amines) is 1. The number of ether oxygens (including phenoxy) is 1. The van der Waals surface area contributed by atoms with Crippen molar-refractivity contribution >= 4 is 6.09 Å². The summed E-state index contributed by atoms with van der Waals surface area (Å²) in [7, 11) is 0. The van der Waals surface area contributed by atoms with Crippen LogP contribution in [0.1, 0.15) is 86.5 Å². The van der Waals surface area contributed by atoms with Crippen molar-refractivity contribution in [2.45, 2.75) is 110 Å². The van der Waals surface area contributed by atoms with Crippen LogP contribution >= 0.6 is 0 Å². The van der Waals surface area contributed by atoms with Gasteiger partial charge in [-0.05, 0) is 71.6 Å². The normalized spacial score (nSPS) is 29.6. The lowest BCUT2D eigenvalue weighted by atomic mass is 9.76. The summed E-state index contributed by atoms with van der Waals surface area (Å²) in [6, 6.07) is 1.38. The maximum absolute atomic E-state index is 12.8. The van der Waals surface area contributed by atoms with Crippen LogP contribution in [0.2, 0.25) is 0 Å². The zero-order valence-electron chi connectivity index (χ0n) is 17.3. The van der Waals surface area contributed by atoms with E-state index >= 15 is 0 Å². The highest BCUT2D eigenvalue weighted by molar-refractivity contribution is 5.68. The van der Waals surface area contributed by atoms with Crippen LogP contribution in [-0.4, -0.2) is 41.3 Å². The highest BCUT2D eigenvalue weighted by atomic mass is 16.6. The first-order valence-corrected chi connectivity index (χ1v) is 10.4. The summed E-state index contributed by atoms with van der Waals surface area (Å²) in [5, 5.41) is 3.89. The van der Waals surface area contributed by atoms with Crippen molar-refractivity contribution in [3.05, 3.63) is 0 Å². The van der Waals surface area contributed by atoms with Crippen molar-refractivity contribution in [1.82, 2.24) is 10.2 Å². The molecule has 4 heteroatoms. The van der Waals surface area contributed by atoms with Gasteiger partial charge in [0, 0.05) is 24.7 Å². The van der Waals surface area contributed by atoms with Gasteiger partial charge in [-0.3, -0.25) is 0 Å². The molecule has 1 N–H and O–H groups in total. The van der Waals surface area contributed by atoms with Gasteiger partial charge >= 0.3 is 6.09 Å². The Bertz CT molecular complexity index is 430. The minimum atomic E-state index is -0.421. The van der Waals surface area contributed by atoms with Crippen LogP contribution in [0.25, 0.3) is 0 Å². The molecule has 146 valence electrons. The van der Waals surface area contributed by atoms with Gasteiger partial charge in [-0.15, -0.1) is 0 Å². The molecule has 1 aliphatic carbocycles. The van der Waals surface area contributed by atoms with Crippen LogP contribution < -0.4 is 5.32 Å². The summed E-state index contributed by atoms with van der Waals surface area (Å²) >= 11 is 0. The largest absolute Gasteiger partial charge is 0.444 e. The van der Waals surface area contributed by atoms with Gasteiger partial charge in [0.15, 0.2) is 0 Å². The molecule has 4 nitrogen and oxygen atoms in total. The van der Waals surface area contributed by atoms with Gasteiger partial charge in [0.1, 0.15) is 5.60 Å². The molecule has 1 amide bonds. The quantitative estimate of drug-likeness (QED) is 0.777. The van der Waals surface area contributed by atoms with Gasteiger partial charge in [-0.25, -0.2) is 4.79 Å². The van der Waals surface area contributed by atoms with Crippen molar-refractivity contribution in [3.63, 3.8) is 0 Å². The van der Waals surface area contributed by atoms with Crippen LogP contribution in [0.5, 0.6) is 0 Å². The number of amides is 1. The monoisotopic (exact) mass is 352 g/mol. The summed E-state index contributed by atoms with van der Waals surface area (Å²) < 4.78 is 5.72. The number of piperidine rings is 1. The average molecular weight is 353 g/mol. The third-order valence-corrected chi connectivity index (χ3v) is 5.97. The summed E-state index contributed by atoms with van der Waals surface area (Å²) in [5.74, 6) is 1.19. The first-order chi connectivity index (χ1) is 11.7. The number of nitrogens with zero attached hydrogens (tertiary/aromatic N) is 1. The van der Waals surface area contributed by atoms with Crippen molar-refractivity contribution in [2.24, 2.45) is 11.8 Å². The predicted molar refractivity (Wildman–Crippen MR) is 104 cm³/mol. The van der Waals surface area contributed by atoms with Gasteiger partial charge in [-0.1, -0.05) is 26.7 Å². The Morgan fingerprint density at radius 2 is 1.68 bits per heavy atom. The smallest absolute Gasteiger partial charge is 0.410 e. The molecule has 0 aromatic carbocycles. The maximum Gasteiger partial charge on any atom is 0.410 e. The molecule has 0 aromatic rings. The molecule has 1 saturated heterocycles. The number of nitrogens with one attached hydrogen (secondary N) is 1. The molecule has 25 heavy (non-hydrogen) atoms. The Kier molecular flexibility index (Phi) is 7.19. The Morgan fingerprint density at radius 1 is 1.04 bits per heavy atom. The molecular weight excluding hydrogens is 312 g/mol. The molecule has 2 rings (SSSR count). The van der Waals surface area contributed by atoms with Crippen molar-refractivity contribution in [1.29, 1.82) is 0 Å². The van der Waals surface area contributed by atoms with E-state index in [1.54, 1.807) is 0 Å². The van der Waals surface area contributed by atoms with E-state index < -0.39 is 5.60 Å². The lowest BCUT2D eigenvalue weighted by Crippen LogP contribution is -2.56. The molecule has 1 heterocycles. The number of hydrogen-bond donors (Lipinski definition) is 1. The predicted octanol–water partition coefficient (Wildman–Crippen LogP) is 4.97. The molecule has 4 atom stereocenters. The van der Waals surface area contributed by atoms with E-state index in [1.807, 2.05) is 20.8 Å².